The van der Waals surface area contributed by atoms with Crippen LogP contribution in [0.1, 0.15) is 54.7 Å². The summed E-state index contributed by atoms with van der Waals surface area (Å²) in [5, 5.41) is 0. The van der Waals surface area contributed by atoms with Crippen LogP contribution in [0.4, 0.5) is 0 Å². The van der Waals surface area contributed by atoms with Crippen molar-refractivity contribution in [1.82, 2.24) is 14.5 Å². The topological polar surface area (TPSA) is 64.4 Å². The average Bonchev–Trinajstić information content (AvgIpc) is 2.93. The molecule has 0 bridgehead atoms. The maximum Gasteiger partial charge on any atom is 0.259 e. The van der Waals surface area contributed by atoms with Crippen molar-refractivity contribution in [2.45, 2.75) is 52.6 Å². The second kappa shape index (κ2) is 8.84. The van der Waals surface area contributed by atoms with E-state index in [4.69, 9.17) is 4.74 Å². The maximum absolute atomic E-state index is 13.5. The summed E-state index contributed by atoms with van der Waals surface area (Å²) in [6, 6.07) is 5.30. The summed E-state index contributed by atoms with van der Waals surface area (Å²) in [5.41, 5.74) is 2.32. The van der Waals surface area contributed by atoms with Gasteiger partial charge >= 0.3 is 0 Å². The van der Waals surface area contributed by atoms with E-state index >= 15 is 0 Å². The fourth-order valence-corrected chi connectivity index (χ4v) is 3.61. The van der Waals surface area contributed by atoms with Crippen LogP contribution in [0.3, 0.4) is 0 Å². The van der Waals surface area contributed by atoms with Gasteiger partial charge in [0.15, 0.2) is 0 Å². The number of amides is 1. The molecule has 2 aromatic heterocycles. The fourth-order valence-electron chi connectivity index (χ4n) is 3.61. The lowest BCUT2D eigenvalue weighted by Gasteiger charge is -2.25. The number of ether oxygens (including phenoxy) is 1. The molecule has 2 aromatic rings. The molecule has 6 heteroatoms. The molecule has 27 heavy (non-hydrogen) atoms. The van der Waals surface area contributed by atoms with Crippen molar-refractivity contribution >= 4 is 5.91 Å². The molecule has 0 saturated carbocycles. The van der Waals surface area contributed by atoms with Crippen molar-refractivity contribution in [3.63, 3.8) is 0 Å². The highest BCUT2D eigenvalue weighted by atomic mass is 16.5. The van der Waals surface area contributed by atoms with Gasteiger partial charge in [0.25, 0.3) is 11.5 Å². The van der Waals surface area contributed by atoms with E-state index in [-0.39, 0.29) is 11.5 Å². The van der Waals surface area contributed by atoms with Crippen LogP contribution >= 0.6 is 0 Å². The van der Waals surface area contributed by atoms with Gasteiger partial charge in [0.2, 0.25) is 0 Å². The summed E-state index contributed by atoms with van der Waals surface area (Å²) in [6.45, 7) is 5.99. The van der Waals surface area contributed by atoms with E-state index in [9.17, 15) is 9.59 Å². The van der Waals surface area contributed by atoms with E-state index in [2.05, 4.69) is 4.98 Å². The molecule has 0 unspecified atom stereocenters. The van der Waals surface area contributed by atoms with Crippen LogP contribution < -0.4 is 10.3 Å². The Labute approximate surface area is 159 Å². The Bertz CT molecular complexity index is 846. The number of rotatable bonds is 6. The lowest BCUT2D eigenvalue weighted by atomic mass is 10.1. The van der Waals surface area contributed by atoms with Crippen LogP contribution in [0.15, 0.2) is 35.4 Å². The van der Waals surface area contributed by atoms with Gasteiger partial charge in [-0.1, -0.05) is 6.42 Å². The number of nitrogens with zero attached hydrogens (tertiary/aromatic N) is 3. The average molecular weight is 369 g/mol. The van der Waals surface area contributed by atoms with E-state index in [1.54, 1.807) is 21.9 Å². The zero-order chi connectivity index (χ0) is 19.2. The van der Waals surface area contributed by atoms with Gasteiger partial charge in [0.05, 0.1) is 6.61 Å². The zero-order valence-corrected chi connectivity index (χ0v) is 16.1. The summed E-state index contributed by atoms with van der Waals surface area (Å²) in [6.07, 6.45) is 7.19. The van der Waals surface area contributed by atoms with E-state index in [0.29, 0.717) is 37.6 Å². The third kappa shape index (κ3) is 4.21. The second-order valence-electron chi connectivity index (χ2n) is 6.74. The molecule has 0 N–H and O–H groups in total. The molecule has 1 amide bonds. The first-order valence-corrected chi connectivity index (χ1v) is 9.73. The molecule has 3 rings (SSSR count). The van der Waals surface area contributed by atoms with Gasteiger partial charge in [-0.05, 0) is 50.8 Å². The highest BCUT2D eigenvalue weighted by Crippen LogP contribution is 2.27. The predicted octanol–water partition coefficient (Wildman–Crippen LogP) is 3.03. The van der Waals surface area contributed by atoms with Gasteiger partial charge in [0, 0.05) is 43.8 Å². The van der Waals surface area contributed by atoms with E-state index < -0.39 is 0 Å². The van der Waals surface area contributed by atoms with Gasteiger partial charge in [-0.2, -0.15) is 0 Å². The molecule has 0 radical (unpaired) electrons. The van der Waals surface area contributed by atoms with E-state index in [0.717, 1.165) is 36.9 Å². The van der Waals surface area contributed by atoms with Crippen LogP contribution in [0, 0.1) is 0 Å². The smallest absolute Gasteiger partial charge is 0.259 e. The minimum atomic E-state index is -0.0802. The molecule has 0 aliphatic carbocycles. The van der Waals surface area contributed by atoms with Crippen LogP contribution in [0.5, 0.6) is 5.75 Å². The molecule has 144 valence electrons. The van der Waals surface area contributed by atoms with Gasteiger partial charge in [-0.3, -0.25) is 14.6 Å². The Balaban J connectivity index is 2.04. The van der Waals surface area contributed by atoms with Crippen molar-refractivity contribution in [3.8, 4) is 5.75 Å². The minimum absolute atomic E-state index is 0.0796. The maximum atomic E-state index is 13.5. The molecule has 1 aliphatic heterocycles. The number of aromatic nitrogens is 2. The van der Waals surface area contributed by atoms with E-state index in [1.165, 1.54) is 6.07 Å². The molecule has 0 saturated heterocycles. The van der Waals surface area contributed by atoms with Gasteiger partial charge in [-0.15, -0.1) is 0 Å². The van der Waals surface area contributed by atoms with Gasteiger partial charge in [0.1, 0.15) is 11.3 Å². The fraction of sp³-hybridized carbons (Fsp3) is 0.476. The quantitative estimate of drug-likeness (QED) is 0.785. The third-order valence-electron chi connectivity index (χ3n) is 4.98. The SMILES string of the molecule is CCOc1cc(=O)n2c(c1C(=O)N(CC)Cc1ccncc1)CCCCC2. The zero-order valence-electron chi connectivity index (χ0n) is 16.1. The van der Waals surface area contributed by atoms with Crippen LogP contribution in [-0.4, -0.2) is 33.5 Å². The van der Waals surface area contributed by atoms with Crippen LogP contribution in [-0.2, 0) is 19.5 Å². The van der Waals surface area contributed by atoms with Crippen molar-refractivity contribution < 1.29 is 9.53 Å². The highest BCUT2D eigenvalue weighted by molar-refractivity contribution is 5.98. The first-order valence-electron chi connectivity index (χ1n) is 9.73. The Morgan fingerprint density at radius 2 is 2.00 bits per heavy atom. The molecule has 0 spiro atoms. The number of carbonyl (C=O) groups is 1. The summed E-state index contributed by atoms with van der Waals surface area (Å²) in [4.78, 5) is 31.9. The molecule has 0 fully saturated rings. The molecule has 0 atom stereocenters. The first kappa shape index (κ1) is 19.1. The number of fused-ring (bicyclic) bond motifs is 1. The Hall–Kier alpha value is -2.63. The second-order valence-corrected chi connectivity index (χ2v) is 6.74. The van der Waals surface area contributed by atoms with Crippen LogP contribution in [0.25, 0.3) is 0 Å². The number of hydrogen-bond donors (Lipinski definition) is 0. The Morgan fingerprint density at radius 1 is 1.22 bits per heavy atom. The Kier molecular flexibility index (Phi) is 6.27. The highest BCUT2D eigenvalue weighted by Gasteiger charge is 2.26. The van der Waals surface area contributed by atoms with Gasteiger partial charge < -0.3 is 14.2 Å². The predicted molar refractivity (Wildman–Crippen MR) is 104 cm³/mol. The summed E-state index contributed by atoms with van der Waals surface area (Å²) in [7, 11) is 0. The molecular formula is C21H27N3O3. The number of hydrogen-bond acceptors (Lipinski definition) is 4. The largest absolute Gasteiger partial charge is 0.493 e. The first-order chi connectivity index (χ1) is 13.2. The molecule has 0 aromatic carbocycles. The molecule has 1 aliphatic rings. The standard InChI is InChI=1S/C21H27N3O3/c1-3-23(15-16-9-11-22-12-10-16)21(26)20-17-8-6-5-7-13-24(17)19(25)14-18(20)27-4-2/h9-12,14H,3-8,13,15H2,1-2H3. The molecule has 3 heterocycles. The molecule has 6 nitrogen and oxygen atoms in total. The lowest BCUT2D eigenvalue weighted by molar-refractivity contribution is 0.0745. The van der Waals surface area contributed by atoms with Crippen molar-refractivity contribution in [3.05, 3.63) is 57.8 Å². The van der Waals surface area contributed by atoms with Crippen molar-refractivity contribution in [1.29, 1.82) is 0 Å². The minimum Gasteiger partial charge on any atom is -0.493 e. The Morgan fingerprint density at radius 3 is 2.70 bits per heavy atom. The van der Waals surface area contributed by atoms with Gasteiger partial charge in [-0.25, -0.2) is 0 Å². The van der Waals surface area contributed by atoms with E-state index in [1.807, 2.05) is 26.0 Å². The van der Waals surface area contributed by atoms with Crippen LogP contribution in [0.2, 0.25) is 0 Å². The van der Waals surface area contributed by atoms with Crippen molar-refractivity contribution in [2.24, 2.45) is 0 Å². The molecular weight excluding hydrogens is 342 g/mol. The summed E-state index contributed by atoms with van der Waals surface area (Å²) >= 11 is 0. The monoisotopic (exact) mass is 369 g/mol. The number of carbonyl (C=O) groups excluding carboxylic acids is 1. The summed E-state index contributed by atoms with van der Waals surface area (Å²) in [5.74, 6) is 0.331. The third-order valence-corrected chi connectivity index (χ3v) is 4.98. The normalized spacial score (nSPS) is 13.6. The number of pyridine rings is 2. The lowest BCUT2D eigenvalue weighted by Crippen LogP contribution is -2.34. The van der Waals surface area contributed by atoms with Crippen molar-refractivity contribution in [2.75, 3.05) is 13.2 Å². The summed E-state index contributed by atoms with van der Waals surface area (Å²) < 4.78 is 7.49.